The number of hydrogen-bond donors (Lipinski definition) is 1. The third-order valence-corrected chi connectivity index (χ3v) is 6.27. The molecule has 27 heavy (non-hydrogen) atoms. The molecule has 1 aliphatic heterocycles. The van der Waals surface area contributed by atoms with Crippen LogP contribution in [-0.2, 0) is 13.0 Å². The van der Waals surface area contributed by atoms with E-state index in [1.807, 2.05) is 0 Å². The molecule has 1 amide bonds. The van der Waals surface area contributed by atoms with Crippen molar-refractivity contribution in [2.24, 2.45) is 0 Å². The summed E-state index contributed by atoms with van der Waals surface area (Å²) in [6.07, 6.45) is 3.84. The molecule has 8 heteroatoms. The van der Waals surface area contributed by atoms with Crippen LogP contribution in [0.3, 0.4) is 0 Å². The van der Waals surface area contributed by atoms with Gasteiger partial charge in [0.1, 0.15) is 16.5 Å². The van der Waals surface area contributed by atoms with Crippen molar-refractivity contribution in [2.75, 3.05) is 5.32 Å². The molecule has 1 aliphatic rings. The van der Waals surface area contributed by atoms with Gasteiger partial charge in [-0.3, -0.25) is 14.2 Å². The Morgan fingerprint density at radius 3 is 2.93 bits per heavy atom. The van der Waals surface area contributed by atoms with Gasteiger partial charge in [-0.1, -0.05) is 18.0 Å². The smallest absolute Gasteiger partial charge is 0.266 e. The Balaban J connectivity index is 1.75. The number of nitrogens with one attached hydrogen (secondary N) is 1. The van der Waals surface area contributed by atoms with Crippen molar-refractivity contribution in [2.45, 2.75) is 39.2 Å². The fourth-order valence-electron chi connectivity index (χ4n) is 3.39. The van der Waals surface area contributed by atoms with Gasteiger partial charge in [0.25, 0.3) is 11.5 Å². The van der Waals surface area contributed by atoms with Gasteiger partial charge in [0.05, 0.1) is 15.3 Å². The number of aromatic nitrogens is 2. The molecule has 5 nitrogen and oxygen atoms in total. The van der Waals surface area contributed by atoms with Gasteiger partial charge in [0.15, 0.2) is 0 Å². The maximum Gasteiger partial charge on any atom is 0.266 e. The number of nitrogens with zero attached hydrogens (tertiary/aromatic N) is 2. The topological polar surface area (TPSA) is 64.0 Å². The van der Waals surface area contributed by atoms with Crippen LogP contribution in [0.15, 0.2) is 23.0 Å². The van der Waals surface area contributed by atoms with E-state index in [0.29, 0.717) is 32.9 Å². The summed E-state index contributed by atoms with van der Waals surface area (Å²) in [4.78, 5) is 31.4. The molecule has 0 spiro atoms. The number of rotatable bonds is 2. The predicted octanol–water partition coefficient (Wildman–Crippen LogP) is 4.54. The average Bonchev–Trinajstić information content (AvgIpc) is 2.80. The Hall–Kier alpha value is -2.25. The highest BCUT2D eigenvalue weighted by molar-refractivity contribution is 7.20. The molecule has 1 aromatic carbocycles. The molecule has 1 N–H and O–H groups in total. The Morgan fingerprint density at radius 2 is 2.15 bits per heavy atom. The van der Waals surface area contributed by atoms with E-state index in [4.69, 9.17) is 11.6 Å². The molecule has 140 valence electrons. The molecule has 0 aliphatic carbocycles. The largest absolute Gasteiger partial charge is 0.321 e. The van der Waals surface area contributed by atoms with E-state index in [-0.39, 0.29) is 16.5 Å². The summed E-state index contributed by atoms with van der Waals surface area (Å²) < 4.78 is 15.0. The minimum Gasteiger partial charge on any atom is -0.321 e. The van der Waals surface area contributed by atoms with Crippen LogP contribution in [0, 0.1) is 12.7 Å². The van der Waals surface area contributed by atoms with Crippen LogP contribution in [-0.4, -0.2) is 15.5 Å². The van der Waals surface area contributed by atoms with Crippen LogP contribution in [0.5, 0.6) is 0 Å². The fourth-order valence-corrected chi connectivity index (χ4v) is 4.65. The molecule has 4 rings (SSSR count). The highest BCUT2D eigenvalue weighted by atomic mass is 35.5. The van der Waals surface area contributed by atoms with Crippen LogP contribution in [0.1, 0.15) is 40.3 Å². The monoisotopic (exact) mass is 405 g/mol. The highest BCUT2D eigenvalue weighted by Crippen LogP contribution is 2.29. The lowest BCUT2D eigenvalue weighted by atomic mass is 10.2. The van der Waals surface area contributed by atoms with Crippen molar-refractivity contribution in [1.82, 2.24) is 9.55 Å². The summed E-state index contributed by atoms with van der Waals surface area (Å²) in [5.41, 5.74) is 0.941. The van der Waals surface area contributed by atoms with E-state index in [1.165, 1.54) is 29.5 Å². The maximum atomic E-state index is 13.3. The second kappa shape index (κ2) is 7.05. The third kappa shape index (κ3) is 3.26. The molecule has 3 heterocycles. The first-order valence-corrected chi connectivity index (χ1v) is 9.94. The molecule has 0 saturated heterocycles. The first-order chi connectivity index (χ1) is 13.0. The van der Waals surface area contributed by atoms with Crippen molar-refractivity contribution in [3.8, 4) is 0 Å². The number of halogens is 2. The molecule has 0 saturated carbocycles. The van der Waals surface area contributed by atoms with Crippen molar-refractivity contribution in [3.63, 3.8) is 0 Å². The molecule has 3 aromatic rings. The predicted molar refractivity (Wildman–Crippen MR) is 106 cm³/mol. The lowest BCUT2D eigenvalue weighted by Gasteiger charge is -2.08. The van der Waals surface area contributed by atoms with Crippen LogP contribution >= 0.6 is 22.9 Å². The van der Waals surface area contributed by atoms with Gasteiger partial charge < -0.3 is 5.32 Å². The van der Waals surface area contributed by atoms with Crippen molar-refractivity contribution >= 4 is 44.7 Å². The van der Waals surface area contributed by atoms with Crippen LogP contribution in [0.25, 0.3) is 10.2 Å². The van der Waals surface area contributed by atoms with Gasteiger partial charge in [0.2, 0.25) is 0 Å². The summed E-state index contributed by atoms with van der Waals surface area (Å²) >= 11 is 6.98. The summed E-state index contributed by atoms with van der Waals surface area (Å²) in [6.45, 7) is 2.43. The van der Waals surface area contributed by atoms with Gasteiger partial charge in [-0.2, -0.15) is 0 Å². The summed E-state index contributed by atoms with van der Waals surface area (Å²) in [5, 5.41) is 3.15. The number of amides is 1. The maximum absolute atomic E-state index is 13.3. The zero-order valence-corrected chi connectivity index (χ0v) is 16.2. The molecule has 0 unspecified atom stereocenters. The standard InChI is InChI=1S/C19H17ClFN3O2S/c1-10-15-18(23-14-5-3-2-4-8-24(14)19(15)26)27-16(10)17(25)22-11-6-7-13(21)12(20)9-11/h6-7,9H,2-5,8H2,1H3,(H,22,25). The van der Waals surface area contributed by atoms with Gasteiger partial charge in [-0.15, -0.1) is 11.3 Å². The van der Waals surface area contributed by atoms with Gasteiger partial charge in [-0.25, -0.2) is 9.37 Å². The Kier molecular flexibility index (Phi) is 4.74. The number of carbonyl (C=O) groups is 1. The molecule has 0 atom stereocenters. The molecule has 0 bridgehead atoms. The van der Waals surface area contributed by atoms with E-state index < -0.39 is 5.82 Å². The number of benzene rings is 1. The van der Waals surface area contributed by atoms with E-state index in [0.717, 1.165) is 31.5 Å². The highest BCUT2D eigenvalue weighted by Gasteiger charge is 2.22. The summed E-state index contributed by atoms with van der Waals surface area (Å²) in [7, 11) is 0. The van der Waals surface area contributed by atoms with Crippen molar-refractivity contribution in [1.29, 1.82) is 0 Å². The SMILES string of the molecule is Cc1c(C(=O)Nc2ccc(F)c(Cl)c2)sc2nc3n(c(=O)c12)CCCCC3. The number of hydrogen-bond acceptors (Lipinski definition) is 4. The lowest BCUT2D eigenvalue weighted by molar-refractivity contribution is 0.103. The van der Waals surface area contributed by atoms with Gasteiger partial charge in [0, 0.05) is 18.7 Å². The van der Waals surface area contributed by atoms with Crippen molar-refractivity contribution < 1.29 is 9.18 Å². The zero-order chi connectivity index (χ0) is 19.1. The molecule has 2 aromatic heterocycles. The van der Waals surface area contributed by atoms with E-state index in [1.54, 1.807) is 11.5 Å². The Morgan fingerprint density at radius 1 is 1.33 bits per heavy atom. The quantitative estimate of drug-likeness (QED) is 0.680. The minimum absolute atomic E-state index is 0.0653. The van der Waals surface area contributed by atoms with Gasteiger partial charge >= 0.3 is 0 Å². The molecule has 0 fully saturated rings. The Bertz CT molecular complexity index is 1120. The number of anilines is 1. The number of thiophene rings is 1. The molecular weight excluding hydrogens is 389 g/mol. The summed E-state index contributed by atoms with van der Waals surface area (Å²) in [6, 6.07) is 3.99. The van der Waals surface area contributed by atoms with E-state index >= 15 is 0 Å². The first kappa shape index (κ1) is 18.1. The zero-order valence-electron chi connectivity index (χ0n) is 14.6. The molecular formula is C19H17ClFN3O2S. The first-order valence-electron chi connectivity index (χ1n) is 8.75. The average molecular weight is 406 g/mol. The number of fused-ring (bicyclic) bond motifs is 2. The van der Waals surface area contributed by atoms with Crippen LogP contribution < -0.4 is 10.9 Å². The second-order valence-electron chi connectivity index (χ2n) is 6.61. The third-order valence-electron chi connectivity index (χ3n) is 4.80. The van der Waals surface area contributed by atoms with Gasteiger partial charge in [-0.05, 0) is 43.5 Å². The Labute approximate surface area is 163 Å². The van der Waals surface area contributed by atoms with Crippen molar-refractivity contribution in [3.05, 3.63) is 55.7 Å². The normalized spacial score (nSPS) is 14.0. The van der Waals surface area contributed by atoms with E-state index in [2.05, 4.69) is 10.3 Å². The second-order valence-corrected chi connectivity index (χ2v) is 8.02. The molecule has 0 radical (unpaired) electrons. The number of aryl methyl sites for hydroxylation is 2. The van der Waals surface area contributed by atoms with E-state index in [9.17, 15) is 14.0 Å². The fraction of sp³-hybridized carbons (Fsp3) is 0.316. The van der Waals surface area contributed by atoms with Crippen LogP contribution in [0.2, 0.25) is 5.02 Å². The summed E-state index contributed by atoms with van der Waals surface area (Å²) in [5.74, 6) is -0.118. The minimum atomic E-state index is -0.550. The lowest BCUT2D eigenvalue weighted by Crippen LogP contribution is -2.24. The number of carbonyl (C=O) groups excluding carboxylic acids is 1. The van der Waals surface area contributed by atoms with Crippen LogP contribution in [0.4, 0.5) is 10.1 Å².